The molecule has 0 saturated heterocycles. The van der Waals surface area contributed by atoms with Gasteiger partial charge in [0, 0.05) is 11.5 Å². The van der Waals surface area contributed by atoms with E-state index in [9.17, 15) is 4.79 Å². The second-order valence-electron chi connectivity index (χ2n) is 4.99. The summed E-state index contributed by atoms with van der Waals surface area (Å²) in [4.78, 5) is 14.6. The number of esters is 1. The van der Waals surface area contributed by atoms with Gasteiger partial charge in [0.2, 0.25) is 0 Å². The van der Waals surface area contributed by atoms with Crippen molar-refractivity contribution < 1.29 is 9.53 Å². The molecule has 2 rings (SSSR count). The van der Waals surface area contributed by atoms with Gasteiger partial charge in [-0.3, -0.25) is 0 Å². The lowest BCUT2D eigenvalue weighted by atomic mass is 10.1. The lowest BCUT2D eigenvalue weighted by Crippen LogP contribution is -2.34. The fraction of sp³-hybridized carbons (Fsp3) is 0.312. The Balaban J connectivity index is 1.88. The van der Waals surface area contributed by atoms with Crippen LogP contribution in [-0.2, 0) is 4.79 Å². The van der Waals surface area contributed by atoms with Crippen LogP contribution in [0.25, 0.3) is 21.2 Å². The van der Waals surface area contributed by atoms with Gasteiger partial charge in [0.1, 0.15) is 11.8 Å². The molecule has 6 heteroatoms. The predicted octanol–water partition coefficient (Wildman–Crippen LogP) is 3.55. The van der Waals surface area contributed by atoms with E-state index in [2.05, 4.69) is 10.0 Å². The summed E-state index contributed by atoms with van der Waals surface area (Å²) in [7, 11) is 0. The molecule has 0 spiro atoms. The Morgan fingerprint density at radius 2 is 2.00 bits per heavy atom. The van der Waals surface area contributed by atoms with Crippen molar-refractivity contribution in [2.24, 2.45) is 10.8 Å². The Kier molecular flexibility index (Phi) is 5.77. The van der Waals surface area contributed by atoms with Gasteiger partial charge in [-0.2, -0.15) is 0 Å². The van der Waals surface area contributed by atoms with E-state index in [0.717, 1.165) is 10.8 Å². The van der Waals surface area contributed by atoms with Crippen LogP contribution in [0.3, 0.4) is 0 Å². The zero-order valence-corrected chi connectivity index (χ0v) is 12.2. The fourth-order valence-electron chi connectivity index (χ4n) is 2.13. The van der Waals surface area contributed by atoms with Gasteiger partial charge in [-0.25, -0.2) is 4.79 Å². The van der Waals surface area contributed by atoms with Crippen LogP contribution < -0.4 is 10.5 Å². The largest absolute Gasteiger partial charge is 0.425 e. The number of azide groups is 1. The second-order valence-corrected chi connectivity index (χ2v) is 4.99. The maximum absolute atomic E-state index is 11.9. The number of hydrogen-bond acceptors (Lipinski definition) is 4. The molecule has 1 atom stereocenters. The summed E-state index contributed by atoms with van der Waals surface area (Å²) in [5.74, 6) is 0.0484. The molecule has 2 N–H and O–H groups in total. The highest BCUT2D eigenvalue weighted by Gasteiger charge is 2.15. The summed E-state index contributed by atoms with van der Waals surface area (Å²) < 4.78 is 5.32. The van der Waals surface area contributed by atoms with Crippen molar-refractivity contribution in [2.75, 3.05) is 6.54 Å². The van der Waals surface area contributed by atoms with E-state index < -0.39 is 12.0 Å². The number of benzene rings is 2. The third kappa shape index (κ3) is 4.48. The van der Waals surface area contributed by atoms with Crippen molar-refractivity contribution in [1.82, 2.24) is 0 Å². The molecule has 0 heterocycles. The minimum absolute atomic E-state index is 0.420. The van der Waals surface area contributed by atoms with Gasteiger partial charge in [-0.05, 0) is 41.3 Å². The molecule has 0 aliphatic carbocycles. The maximum Gasteiger partial charge on any atom is 0.328 e. The van der Waals surface area contributed by atoms with E-state index in [1.165, 1.54) is 0 Å². The number of carbonyl (C=O) groups excluding carboxylic acids is 1. The number of nitrogens with zero attached hydrogens (tertiary/aromatic N) is 3. The van der Waals surface area contributed by atoms with Crippen molar-refractivity contribution in [3.05, 3.63) is 52.9 Å². The van der Waals surface area contributed by atoms with Gasteiger partial charge in [-0.1, -0.05) is 41.9 Å². The molecular weight excluding hydrogens is 280 g/mol. The third-order valence-electron chi connectivity index (χ3n) is 3.33. The molecule has 0 amide bonds. The van der Waals surface area contributed by atoms with Crippen LogP contribution in [0.4, 0.5) is 0 Å². The minimum atomic E-state index is -0.669. The molecular formula is C16H18N4O2. The quantitative estimate of drug-likeness (QED) is 0.211. The van der Waals surface area contributed by atoms with Crippen molar-refractivity contribution in [1.29, 1.82) is 0 Å². The number of carbonyl (C=O) groups is 1. The predicted molar refractivity (Wildman–Crippen MR) is 85.4 cm³/mol. The molecule has 0 aliphatic rings. The lowest BCUT2D eigenvalue weighted by molar-refractivity contribution is -0.136. The number of unbranched alkanes of at least 4 members (excludes halogenated alkanes) is 1. The van der Waals surface area contributed by atoms with E-state index in [0.29, 0.717) is 31.6 Å². The standard InChI is InChI=1S/C16H18N4O2/c17-15(7-3-4-10-19-20-18)16(21)22-14-9-8-12-5-1-2-6-13(12)11-14/h1-2,5-6,8-9,11,15H,3-4,7,10,17H2/t15-/m0/s1. The maximum atomic E-state index is 11.9. The van der Waals surface area contributed by atoms with Crippen molar-refractivity contribution in [2.45, 2.75) is 25.3 Å². The molecule has 0 unspecified atom stereocenters. The summed E-state index contributed by atoms with van der Waals surface area (Å²) in [5.41, 5.74) is 14.0. The number of rotatable bonds is 7. The average Bonchev–Trinajstić information content (AvgIpc) is 2.54. The van der Waals surface area contributed by atoms with Gasteiger partial charge >= 0.3 is 5.97 Å². The Morgan fingerprint density at radius 3 is 2.77 bits per heavy atom. The van der Waals surface area contributed by atoms with Crippen LogP contribution in [0.15, 0.2) is 47.6 Å². The van der Waals surface area contributed by atoms with Gasteiger partial charge in [0.05, 0.1) is 0 Å². The molecule has 0 bridgehead atoms. The molecule has 0 saturated carbocycles. The minimum Gasteiger partial charge on any atom is -0.425 e. The van der Waals surface area contributed by atoms with Gasteiger partial charge in [0.15, 0.2) is 0 Å². The number of nitrogens with two attached hydrogens (primary N) is 1. The highest BCUT2D eigenvalue weighted by atomic mass is 16.5. The van der Waals surface area contributed by atoms with Crippen molar-refractivity contribution >= 4 is 16.7 Å². The molecule has 0 radical (unpaired) electrons. The topological polar surface area (TPSA) is 101 Å². The van der Waals surface area contributed by atoms with Crippen LogP contribution in [0.1, 0.15) is 19.3 Å². The van der Waals surface area contributed by atoms with Crippen LogP contribution in [0, 0.1) is 0 Å². The van der Waals surface area contributed by atoms with Crippen molar-refractivity contribution in [3.8, 4) is 5.75 Å². The molecule has 0 fully saturated rings. The fourth-order valence-corrected chi connectivity index (χ4v) is 2.13. The first-order chi connectivity index (χ1) is 10.7. The molecule has 22 heavy (non-hydrogen) atoms. The number of ether oxygens (including phenoxy) is 1. The van der Waals surface area contributed by atoms with Crippen LogP contribution >= 0.6 is 0 Å². The molecule has 0 aromatic heterocycles. The number of hydrogen-bond donors (Lipinski definition) is 1. The van der Waals surface area contributed by atoms with Crippen LogP contribution in [-0.4, -0.2) is 18.6 Å². The molecule has 2 aromatic rings. The molecule has 6 nitrogen and oxygen atoms in total. The van der Waals surface area contributed by atoms with Gasteiger partial charge in [-0.15, -0.1) is 0 Å². The van der Waals surface area contributed by atoms with Crippen LogP contribution in [0.2, 0.25) is 0 Å². The zero-order chi connectivity index (χ0) is 15.8. The highest BCUT2D eigenvalue weighted by Crippen LogP contribution is 2.21. The first-order valence-corrected chi connectivity index (χ1v) is 7.17. The molecule has 2 aromatic carbocycles. The Labute approximate surface area is 128 Å². The smallest absolute Gasteiger partial charge is 0.328 e. The van der Waals surface area contributed by atoms with Crippen molar-refractivity contribution in [3.63, 3.8) is 0 Å². The lowest BCUT2D eigenvalue weighted by Gasteiger charge is -2.11. The van der Waals surface area contributed by atoms with E-state index in [4.69, 9.17) is 16.0 Å². The molecule has 114 valence electrons. The van der Waals surface area contributed by atoms with E-state index in [-0.39, 0.29) is 0 Å². The van der Waals surface area contributed by atoms with E-state index in [1.807, 2.05) is 36.4 Å². The zero-order valence-electron chi connectivity index (χ0n) is 12.2. The summed E-state index contributed by atoms with van der Waals surface area (Å²) in [5, 5.41) is 5.53. The number of fused-ring (bicyclic) bond motifs is 1. The summed E-state index contributed by atoms with van der Waals surface area (Å²) >= 11 is 0. The highest BCUT2D eigenvalue weighted by molar-refractivity contribution is 5.85. The summed E-state index contributed by atoms with van der Waals surface area (Å²) in [6.07, 6.45) is 1.93. The third-order valence-corrected chi connectivity index (χ3v) is 3.33. The normalized spacial score (nSPS) is 11.7. The van der Waals surface area contributed by atoms with E-state index >= 15 is 0 Å². The summed E-state index contributed by atoms with van der Waals surface area (Å²) in [6, 6.07) is 12.7. The summed E-state index contributed by atoms with van der Waals surface area (Å²) in [6.45, 7) is 0.420. The van der Waals surface area contributed by atoms with Gasteiger partial charge < -0.3 is 10.5 Å². The Bertz CT molecular complexity index is 695. The first kappa shape index (κ1) is 15.8. The first-order valence-electron chi connectivity index (χ1n) is 7.17. The monoisotopic (exact) mass is 298 g/mol. The molecule has 0 aliphatic heterocycles. The Hall–Kier alpha value is -2.56. The van der Waals surface area contributed by atoms with Crippen LogP contribution in [0.5, 0.6) is 5.75 Å². The second kappa shape index (κ2) is 8.02. The van der Waals surface area contributed by atoms with Gasteiger partial charge in [0.25, 0.3) is 0 Å². The Morgan fingerprint density at radius 1 is 1.23 bits per heavy atom. The average molecular weight is 298 g/mol. The van der Waals surface area contributed by atoms with E-state index in [1.54, 1.807) is 6.07 Å². The SMILES string of the molecule is [N-]=[N+]=NCCCC[C@H](N)C(=O)Oc1ccc2ccccc2c1.